The van der Waals surface area contributed by atoms with E-state index in [0.29, 0.717) is 11.9 Å². The van der Waals surface area contributed by atoms with Gasteiger partial charge in [-0.25, -0.2) is 4.39 Å². The lowest BCUT2D eigenvalue weighted by atomic mass is 10.1. The van der Waals surface area contributed by atoms with Crippen molar-refractivity contribution in [3.63, 3.8) is 0 Å². The Morgan fingerprint density at radius 2 is 1.93 bits per heavy atom. The van der Waals surface area contributed by atoms with E-state index in [1.54, 1.807) is 0 Å². The van der Waals surface area contributed by atoms with Crippen molar-refractivity contribution in [2.75, 3.05) is 0 Å². The summed E-state index contributed by atoms with van der Waals surface area (Å²) in [6.07, 6.45) is 1.80. The van der Waals surface area contributed by atoms with E-state index in [4.69, 9.17) is 0 Å². The molecule has 2 nitrogen and oxygen atoms in total. The van der Waals surface area contributed by atoms with E-state index in [0.717, 1.165) is 5.56 Å². The zero-order chi connectivity index (χ0) is 9.97. The van der Waals surface area contributed by atoms with Crippen molar-refractivity contribution in [3.05, 3.63) is 54.0 Å². The number of benzene rings is 1. The summed E-state index contributed by atoms with van der Waals surface area (Å²) in [5.74, 6) is -0.284. The first-order valence-corrected chi connectivity index (χ1v) is 4.20. The Morgan fingerprint density at radius 3 is 2.57 bits per heavy atom. The second kappa shape index (κ2) is 3.46. The first-order chi connectivity index (χ1) is 6.81. The Labute approximate surface area is 80.7 Å². The molecule has 1 heterocycles. The number of rotatable bonds is 1. The van der Waals surface area contributed by atoms with Crippen LogP contribution >= 0.6 is 0 Å². The highest BCUT2D eigenvalue weighted by molar-refractivity contribution is 6.06. The fourth-order valence-corrected chi connectivity index (χ4v) is 1.39. The molecule has 14 heavy (non-hydrogen) atoms. The summed E-state index contributed by atoms with van der Waals surface area (Å²) in [5.41, 5.74) is 1.65. The summed E-state index contributed by atoms with van der Waals surface area (Å²) >= 11 is 0. The topological polar surface area (TPSA) is 29.1 Å². The number of carbonyl (C=O) groups is 1. The molecular weight excluding hydrogens is 181 g/mol. The summed E-state index contributed by atoms with van der Waals surface area (Å²) in [4.78, 5) is 11.0. The van der Waals surface area contributed by atoms with Crippen LogP contribution in [0.1, 0.15) is 5.56 Å². The molecule has 0 radical (unpaired) electrons. The number of amides is 1. The van der Waals surface area contributed by atoms with Crippen LogP contribution in [0.3, 0.4) is 0 Å². The molecule has 0 aromatic heterocycles. The lowest BCUT2D eigenvalue weighted by Gasteiger charge is -2.02. The van der Waals surface area contributed by atoms with Crippen molar-refractivity contribution < 1.29 is 9.18 Å². The third kappa shape index (κ3) is 1.44. The van der Waals surface area contributed by atoms with E-state index in [-0.39, 0.29) is 11.6 Å². The minimum absolute atomic E-state index is 0.223. The van der Waals surface area contributed by atoms with Gasteiger partial charge in [-0.2, -0.15) is 0 Å². The molecule has 0 saturated carbocycles. The summed E-state index contributed by atoms with van der Waals surface area (Å²) in [6, 6.07) is 9.21. The Bertz CT molecular complexity index is 420. The fraction of sp³-hybridized carbons (Fsp3) is 0. The van der Waals surface area contributed by atoms with E-state index in [9.17, 15) is 9.18 Å². The number of hydrogen-bond donors (Lipinski definition) is 1. The largest absolute Gasteiger partial charge is 0.320 e. The maximum Gasteiger partial charge on any atom is 0.249 e. The monoisotopic (exact) mass is 189 g/mol. The predicted octanol–water partition coefficient (Wildman–Crippen LogP) is 2.01. The standard InChI is InChI=1S/C11H8FNO/c12-7-10-9(6-11(14)13-10)8-4-2-1-3-5-8/h1-7H,(H,13,14)/b10-7+. The SMILES string of the molecule is O=C1C=C(c2ccccc2)/C(=C\F)N1. The molecule has 1 aromatic carbocycles. The van der Waals surface area contributed by atoms with E-state index < -0.39 is 0 Å². The van der Waals surface area contributed by atoms with Gasteiger partial charge >= 0.3 is 0 Å². The zero-order valence-electron chi connectivity index (χ0n) is 7.33. The quantitative estimate of drug-likeness (QED) is 0.719. The zero-order valence-corrected chi connectivity index (χ0v) is 7.33. The maximum atomic E-state index is 12.4. The third-order valence-corrected chi connectivity index (χ3v) is 2.02. The molecule has 1 N–H and O–H groups in total. The second-order valence-electron chi connectivity index (χ2n) is 2.94. The van der Waals surface area contributed by atoms with Gasteiger partial charge in [0, 0.05) is 11.6 Å². The van der Waals surface area contributed by atoms with Gasteiger partial charge in [0.1, 0.15) is 6.33 Å². The molecule has 2 rings (SSSR count). The van der Waals surface area contributed by atoms with Gasteiger partial charge in [-0.15, -0.1) is 0 Å². The lowest BCUT2D eigenvalue weighted by molar-refractivity contribution is -0.115. The van der Waals surface area contributed by atoms with Crippen LogP contribution < -0.4 is 5.32 Å². The Kier molecular flexibility index (Phi) is 2.14. The van der Waals surface area contributed by atoms with Crippen molar-refractivity contribution in [1.29, 1.82) is 0 Å². The molecule has 3 heteroatoms. The van der Waals surface area contributed by atoms with Gasteiger partial charge in [0.05, 0.1) is 5.70 Å². The van der Waals surface area contributed by atoms with Crippen LogP contribution in [0.4, 0.5) is 4.39 Å². The Balaban J connectivity index is 2.44. The molecule has 1 aromatic rings. The van der Waals surface area contributed by atoms with Crippen molar-refractivity contribution >= 4 is 11.5 Å². The number of carbonyl (C=O) groups excluding carboxylic acids is 1. The molecule has 1 aliphatic heterocycles. The van der Waals surface area contributed by atoms with Gasteiger partial charge in [-0.05, 0) is 5.56 Å². The van der Waals surface area contributed by atoms with Crippen LogP contribution in [-0.4, -0.2) is 5.91 Å². The average molecular weight is 189 g/mol. The summed E-state index contributed by atoms with van der Waals surface area (Å²) in [7, 11) is 0. The highest BCUT2D eigenvalue weighted by Gasteiger charge is 2.18. The molecule has 0 saturated heterocycles. The number of hydrogen-bond acceptors (Lipinski definition) is 1. The molecule has 70 valence electrons. The average Bonchev–Trinajstić information content (AvgIpc) is 2.61. The number of allylic oxidation sites excluding steroid dienone is 1. The highest BCUT2D eigenvalue weighted by Crippen LogP contribution is 2.24. The normalized spacial score (nSPS) is 18.2. The van der Waals surface area contributed by atoms with E-state index in [1.807, 2.05) is 30.3 Å². The highest BCUT2D eigenvalue weighted by atomic mass is 19.1. The fourth-order valence-electron chi connectivity index (χ4n) is 1.39. The minimum atomic E-state index is -0.284. The third-order valence-electron chi connectivity index (χ3n) is 2.02. The lowest BCUT2D eigenvalue weighted by Crippen LogP contribution is -2.12. The molecule has 0 unspecified atom stereocenters. The molecule has 0 fully saturated rings. The van der Waals surface area contributed by atoms with Crippen LogP contribution in [-0.2, 0) is 4.79 Å². The molecule has 0 bridgehead atoms. The van der Waals surface area contributed by atoms with Gasteiger partial charge in [0.2, 0.25) is 5.91 Å². The van der Waals surface area contributed by atoms with E-state index >= 15 is 0 Å². The second-order valence-corrected chi connectivity index (χ2v) is 2.94. The molecule has 0 atom stereocenters. The van der Waals surface area contributed by atoms with Crippen LogP contribution in [0.5, 0.6) is 0 Å². The first-order valence-electron chi connectivity index (χ1n) is 4.20. The molecule has 0 spiro atoms. The van der Waals surface area contributed by atoms with Crippen molar-refractivity contribution in [1.82, 2.24) is 5.32 Å². The summed E-state index contributed by atoms with van der Waals surface area (Å²) < 4.78 is 12.4. The van der Waals surface area contributed by atoms with Crippen molar-refractivity contribution in [2.45, 2.75) is 0 Å². The summed E-state index contributed by atoms with van der Waals surface area (Å²) in [5, 5.41) is 2.41. The van der Waals surface area contributed by atoms with Crippen molar-refractivity contribution in [3.8, 4) is 0 Å². The van der Waals surface area contributed by atoms with Crippen LogP contribution in [0.15, 0.2) is 48.4 Å². The Hall–Kier alpha value is -1.90. The summed E-state index contributed by atoms with van der Waals surface area (Å²) in [6.45, 7) is 0. The van der Waals surface area contributed by atoms with Gasteiger partial charge in [0.15, 0.2) is 0 Å². The molecule has 1 amide bonds. The van der Waals surface area contributed by atoms with Gasteiger partial charge in [-0.1, -0.05) is 30.3 Å². The predicted molar refractivity (Wildman–Crippen MR) is 51.8 cm³/mol. The van der Waals surface area contributed by atoms with Gasteiger partial charge < -0.3 is 5.32 Å². The van der Waals surface area contributed by atoms with Crippen LogP contribution in [0.25, 0.3) is 5.57 Å². The minimum Gasteiger partial charge on any atom is -0.320 e. The molecule has 1 aliphatic rings. The Morgan fingerprint density at radius 1 is 1.21 bits per heavy atom. The smallest absolute Gasteiger partial charge is 0.249 e. The van der Waals surface area contributed by atoms with Crippen LogP contribution in [0.2, 0.25) is 0 Å². The first kappa shape index (κ1) is 8.69. The number of halogens is 1. The molecule has 0 aliphatic carbocycles. The van der Waals surface area contributed by atoms with Gasteiger partial charge in [0.25, 0.3) is 0 Å². The van der Waals surface area contributed by atoms with E-state index in [2.05, 4.69) is 5.32 Å². The van der Waals surface area contributed by atoms with Crippen molar-refractivity contribution in [2.24, 2.45) is 0 Å². The van der Waals surface area contributed by atoms with E-state index in [1.165, 1.54) is 6.08 Å². The number of nitrogens with one attached hydrogen (secondary N) is 1. The maximum absolute atomic E-state index is 12.4. The van der Waals surface area contributed by atoms with Crippen LogP contribution in [0, 0.1) is 0 Å². The van der Waals surface area contributed by atoms with Gasteiger partial charge in [-0.3, -0.25) is 4.79 Å². The molecular formula is C11H8FNO.